The Morgan fingerprint density at radius 2 is 1.33 bits per heavy atom. The molecule has 63 heavy (non-hydrogen) atoms. The van der Waals surface area contributed by atoms with E-state index in [1.54, 1.807) is 64.1 Å². The zero-order valence-electron chi connectivity index (χ0n) is 36.9. The average Bonchev–Trinajstić information content (AvgIpc) is 3.23. The largest absolute Gasteiger partial charge is 0.496 e. The fraction of sp³-hybridized carbons (Fsp3) is 0.327. The number of terminal acetylenes is 2. The molecule has 2 N–H and O–H groups in total. The number of esters is 2. The number of nitrogens with one attached hydrogen (secondary N) is 2. The summed E-state index contributed by atoms with van der Waals surface area (Å²) in [6.45, 7) is 11.1. The van der Waals surface area contributed by atoms with E-state index in [1.165, 1.54) is 20.3 Å². The van der Waals surface area contributed by atoms with Crippen LogP contribution < -0.4 is 24.6 Å². The summed E-state index contributed by atoms with van der Waals surface area (Å²) in [6.07, 6.45) is 11.1. The zero-order valence-corrected chi connectivity index (χ0v) is 37.7. The molecule has 0 heterocycles. The molecule has 0 fully saturated rings. The molecule has 13 nitrogen and oxygen atoms in total. The predicted molar refractivity (Wildman–Crippen MR) is 249 cm³/mol. The SMILES string of the molecule is C#CCN(c1ccc(NC(=O)OC(C)(C)C)c2ccc(COC(=O)C[C@H](C)N(CC#C)c3ccc(NS(=O)(=O)c4ccc(OC)c(C)c4)c4ccccc34)cc12)[C@@H](C)CC(=O)OC. The second kappa shape index (κ2) is 20.3. The molecule has 2 atom stereocenters. The van der Waals surface area contributed by atoms with Gasteiger partial charge in [-0.25, -0.2) is 13.2 Å². The fourth-order valence-corrected chi connectivity index (χ4v) is 8.41. The van der Waals surface area contributed by atoms with E-state index in [-0.39, 0.29) is 43.5 Å². The van der Waals surface area contributed by atoms with E-state index in [0.717, 1.165) is 5.39 Å². The Bertz CT molecular complexity index is 2700. The fourth-order valence-electron chi connectivity index (χ4n) is 7.25. The van der Waals surface area contributed by atoms with Crippen molar-refractivity contribution in [3.05, 3.63) is 96.1 Å². The number of ether oxygens (including phenoxy) is 4. The van der Waals surface area contributed by atoms with Crippen molar-refractivity contribution in [3.63, 3.8) is 0 Å². The molecule has 0 aliphatic carbocycles. The van der Waals surface area contributed by atoms with E-state index in [9.17, 15) is 22.8 Å². The smallest absolute Gasteiger partial charge is 0.412 e. The molecule has 14 heteroatoms. The van der Waals surface area contributed by atoms with E-state index in [0.29, 0.717) is 55.8 Å². The van der Waals surface area contributed by atoms with Crippen LogP contribution in [0, 0.1) is 31.6 Å². The van der Waals surface area contributed by atoms with Gasteiger partial charge in [0.05, 0.1) is 56.4 Å². The zero-order chi connectivity index (χ0) is 46.1. The minimum Gasteiger partial charge on any atom is -0.496 e. The van der Waals surface area contributed by atoms with Gasteiger partial charge in [-0.15, -0.1) is 12.8 Å². The third-order valence-corrected chi connectivity index (χ3v) is 11.6. The lowest BCUT2D eigenvalue weighted by atomic mass is 10.0. The number of aryl methyl sites for hydroxylation is 1. The molecule has 5 rings (SSSR count). The van der Waals surface area contributed by atoms with Gasteiger partial charge in [0.15, 0.2) is 0 Å². The molecule has 0 bridgehead atoms. The molecule has 0 aliphatic heterocycles. The van der Waals surface area contributed by atoms with Crippen molar-refractivity contribution < 1.29 is 41.7 Å². The minimum atomic E-state index is -3.96. The normalized spacial score (nSPS) is 12.3. The van der Waals surface area contributed by atoms with Crippen LogP contribution >= 0.6 is 0 Å². The Morgan fingerprint density at radius 3 is 1.92 bits per heavy atom. The van der Waals surface area contributed by atoms with Crippen LogP contribution in [0.25, 0.3) is 21.5 Å². The van der Waals surface area contributed by atoms with Crippen LogP contribution in [0.4, 0.5) is 27.5 Å². The topological polar surface area (TPSA) is 153 Å². The quantitative estimate of drug-likeness (QED) is 0.0524. The molecular weight excluding hydrogens is 821 g/mol. The van der Waals surface area contributed by atoms with Gasteiger partial charge in [-0.1, -0.05) is 48.2 Å². The number of hydrogen-bond acceptors (Lipinski definition) is 11. The molecule has 0 aromatic heterocycles. The van der Waals surface area contributed by atoms with Crippen molar-refractivity contribution in [2.45, 2.75) is 83.6 Å². The van der Waals surface area contributed by atoms with Gasteiger partial charge in [-0.3, -0.25) is 19.6 Å². The first-order valence-corrected chi connectivity index (χ1v) is 21.8. The van der Waals surface area contributed by atoms with Gasteiger partial charge in [0, 0.05) is 45.0 Å². The summed E-state index contributed by atoms with van der Waals surface area (Å²) in [5.74, 6) is 5.08. The highest BCUT2D eigenvalue weighted by atomic mass is 32.2. The monoisotopic (exact) mass is 874 g/mol. The van der Waals surface area contributed by atoms with E-state index < -0.39 is 39.7 Å². The van der Waals surface area contributed by atoms with Gasteiger partial charge in [0.2, 0.25) is 0 Å². The number of carbonyl (C=O) groups excluding carboxylic acids is 3. The van der Waals surface area contributed by atoms with Crippen molar-refractivity contribution in [1.82, 2.24) is 0 Å². The Morgan fingerprint density at radius 1 is 0.746 bits per heavy atom. The third-order valence-electron chi connectivity index (χ3n) is 10.3. The number of amides is 1. The standard InChI is InChI=1S/C49H54N4O9S/c1-11-25-52(43-23-21-42(37-15-13-14-16-39(37)43)51-63(57,58)36-18-24-45(59-9)32(3)27-36)34(5)29-47(55)61-31-35-17-19-38-40(30-35)44(53(26-12-2)33(4)28-46(54)60-10)22-20-41(38)50-48(56)62-49(6,7)8/h1-2,13-24,27,30,33-34,51H,25-26,28-29,31H2,3-10H3,(H,50,56)/t33-,34-/m0/s1. The number of carbonyl (C=O) groups is 3. The van der Waals surface area contributed by atoms with E-state index in [4.69, 9.17) is 31.8 Å². The summed E-state index contributed by atoms with van der Waals surface area (Å²) in [4.78, 5) is 42.6. The summed E-state index contributed by atoms with van der Waals surface area (Å²) in [6, 6.07) is 23.7. The summed E-state index contributed by atoms with van der Waals surface area (Å²) in [5, 5.41) is 5.56. The lowest BCUT2D eigenvalue weighted by Crippen LogP contribution is -2.35. The Kier molecular flexibility index (Phi) is 15.2. The highest BCUT2D eigenvalue weighted by molar-refractivity contribution is 7.92. The number of anilines is 4. The Labute approximate surface area is 370 Å². The molecule has 1 amide bonds. The Hall–Kier alpha value is -6.90. The summed E-state index contributed by atoms with van der Waals surface area (Å²) < 4.78 is 51.4. The van der Waals surface area contributed by atoms with E-state index >= 15 is 0 Å². The van der Waals surface area contributed by atoms with Crippen molar-refractivity contribution in [2.24, 2.45) is 0 Å². The van der Waals surface area contributed by atoms with Gasteiger partial charge < -0.3 is 28.7 Å². The van der Waals surface area contributed by atoms with Crippen LogP contribution in [-0.2, 0) is 40.4 Å². The molecule has 0 aliphatic rings. The van der Waals surface area contributed by atoms with E-state index in [1.807, 2.05) is 66.1 Å². The van der Waals surface area contributed by atoms with Gasteiger partial charge in [0.25, 0.3) is 10.0 Å². The second-order valence-electron chi connectivity index (χ2n) is 16.1. The maximum absolute atomic E-state index is 13.6. The van der Waals surface area contributed by atoms with Crippen LogP contribution in [0.1, 0.15) is 58.6 Å². The molecule has 0 radical (unpaired) electrons. The molecule has 5 aromatic rings. The second-order valence-corrected chi connectivity index (χ2v) is 17.7. The lowest BCUT2D eigenvalue weighted by molar-refractivity contribution is -0.145. The van der Waals surface area contributed by atoms with Gasteiger partial charge in [-0.05, 0) is 101 Å². The number of benzene rings is 5. The number of fused-ring (bicyclic) bond motifs is 2. The van der Waals surface area contributed by atoms with Gasteiger partial charge in [0.1, 0.15) is 18.0 Å². The first-order chi connectivity index (χ1) is 29.9. The Balaban J connectivity index is 1.39. The van der Waals surface area contributed by atoms with E-state index in [2.05, 4.69) is 21.9 Å². The highest BCUT2D eigenvalue weighted by Gasteiger charge is 2.25. The highest BCUT2D eigenvalue weighted by Crippen LogP contribution is 2.37. The molecule has 0 saturated carbocycles. The molecular formula is C49H54N4O9S. The third kappa shape index (κ3) is 11.7. The van der Waals surface area contributed by atoms with Crippen molar-refractivity contribution in [1.29, 1.82) is 0 Å². The van der Waals surface area contributed by atoms with Crippen LogP contribution in [0.15, 0.2) is 89.8 Å². The van der Waals surface area contributed by atoms with Gasteiger partial charge >= 0.3 is 18.0 Å². The van der Waals surface area contributed by atoms with Crippen LogP contribution in [-0.4, -0.2) is 71.4 Å². The number of nitrogens with zero attached hydrogens (tertiary/aromatic N) is 2. The maximum atomic E-state index is 13.6. The first-order valence-electron chi connectivity index (χ1n) is 20.3. The van der Waals surface area contributed by atoms with Crippen LogP contribution in [0.2, 0.25) is 0 Å². The molecule has 330 valence electrons. The van der Waals surface area contributed by atoms with Crippen molar-refractivity contribution >= 4 is 72.3 Å². The average molecular weight is 875 g/mol. The lowest BCUT2D eigenvalue weighted by Gasteiger charge is -2.31. The first kappa shape index (κ1) is 47.2. The number of rotatable bonds is 17. The van der Waals surface area contributed by atoms with Crippen LogP contribution in [0.5, 0.6) is 5.75 Å². The minimum absolute atomic E-state index is 0.0228. The number of sulfonamides is 1. The molecule has 0 unspecified atom stereocenters. The summed E-state index contributed by atoms with van der Waals surface area (Å²) >= 11 is 0. The van der Waals surface area contributed by atoms with Crippen LogP contribution in [0.3, 0.4) is 0 Å². The van der Waals surface area contributed by atoms with Crippen molar-refractivity contribution in [2.75, 3.05) is 47.1 Å². The predicted octanol–water partition coefficient (Wildman–Crippen LogP) is 8.81. The number of hydrogen-bond donors (Lipinski definition) is 2. The van der Waals surface area contributed by atoms with Crippen molar-refractivity contribution in [3.8, 4) is 30.4 Å². The molecule has 5 aromatic carbocycles. The molecule has 0 saturated heterocycles. The van der Waals surface area contributed by atoms with Gasteiger partial charge in [-0.2, -0.15) is 0 Å². The summed E-state index contributed by atoms with van der Waals surface area (Å²) in [5.41, 5.74) is 2.89. The molecule has 0 spiro atoms. The number of methoxy groups -OCH3 is 2. The maximum Gasteiger partial charge on any atom is 0.412 e. The summed E-state index contributed by atoms with van der Waals surface area (Å²) in [7, 11) is -1.11.